The molecule has 1 aromatic carbocycles. The molecule has 0 aliphatic rings. The van der Waals surface area contributed by atoms with Crippen molar-refractivity contribution in [2.24, 2.45) is 0 Å². The number of hydrogen-bond donors (Lipinski definition) is 3. The fraction of sp³-hybridized carbons (Fsp3) is 0.150. The molecule has 0 aliphatic carbocycles. The molecule has 0 unspecified atom stereocenters. The number of aromatic nitrogens is 2. The molecule has 0 atom stereocenters. The highest BCUT2D eigenvalue weighted by Crippen LogP contribution is 2.23. The molecular formula is C20H21N5O2S. The minimum absolute atomic E-state index is 0.194. The van der Waals surface area contributed by atoms with Crippen LogP contribution in [0.2, 0.25) is 0 Å². The van der Waals surface area contributed by atoms with Gasteiger partial charge in [0.25, 0.3) is 5.91 Å². The maximum absolute atomic E-state index is 12.7. The minimum atomic E-state index is -0.314. The van der Waals surface area contributed by atoms with Crippen LogP contribution in [0.1, 0.15) is 21.7 Å². The van der Waals surface area contributed by atoms with Gasteiger partial charge < -0.3 is 16.0 Å². The Morgan fingerprint density at radius 1 is 1.18 bits per heavy atom. The van der Waals surface area contributed by atoms with E-state index in [1.54, 1.807) is 36.5 Å². The first-order chi connectivity index (χ1) is 13.5. The van der Waals surface area contributed by atoms with Crippen LogP contribution in [0, 0.1) is 13.8 Å². The zero-order chi connectivity index (χ0) is 20.1. The number of rotatable bonds is 6. The van der Waals surface area contributed by atoms with Crippen molar-refractivity contribution in [1.82, 2.24) is 14.9 Å². The first-order valence-electron chi connectivity index (χ1n) is 8.65. The minimum Gasteiger partial charge on any atom is -0.334 e. The highest BCUT2D eigenvalue weighted by molar-refractivity contribution is 7.12. The number of thiazole rings is 1. The quantitative estimate of drug-likeness (QED) is 0.549. The predicted molar refractivity (Wildman–Crippen MR) is 113 cm³/mol. The molecule has 3 aromatic rings. The lowest BCUT2D eigenvalue weighted by molar-refractivity contribution is 0.102. The van der Waals surface area contributed by atoms with Crippen LogP contribution < -0.4 is 16.0 Å². The van der Waals surface area contributed by atoms with Crippen LogP contribution >= 0.6 is 11.3 Å². The first-order valence-corrected chi connectivity index (χ1v) is 9.53. The Kier molecular flexibility index (Phi) is 5.90. The smallest absolute Gasteiger partial charge is 0.319 e. The van der Waals surface area contributed by atoms with Crippen LogP contribution in [0.4, 0.5) is 16.2 Å². The average molecular weight is 395 g/mol. The van der Waals surface area contributed by atoms with E-state index in [0.717, 1.165) is 16.5 Å². The highest BCUT2D eigenvalue weighted by Gasteiger charge is 2.18. The van der Waals surface area contributed by atoms with E-state index in [0.29, 0.717) is 23.5 Å². The van der Waals surface area contributed by atoms with E-state index in [4.69, 9.17) is 0 Å². The molecule has 0 fully saturated rings. The fourth-order valence-electron chi connectivity index (χ4n) is 2.79. The zero-order valence-corrected chi connectivity index (χ0v) is 16.5. The van der Waals surface area contributed by atoms with Crippen molar-refractivity contribution >= 4 is 34.6 Å². The van der Waals surface area contributed by atoms with Crippen molar-refractivity contribution in [3.05, 3.63) is 71.5 Å². The maximum Gasteiger partial charge on any atom is 0.319 e. The topological polar surface area (TPSA) is 88.0 Å². The summed E-state index contributed by atoms with van der Waals surface area (Å²) in [6.07, 6.45) is 3.34. The number of benzene rings is 1. The molecule has 0 saturated carbocycles. The Morgan fingerprint density at radius 2 is 1.86 bits per heavy atom. The molecule has 7 nitrogen and oxygen atoms in total. The van der Waals surface area contributed by atoms with Gasteiger partial charge in [-0.25, -0.2) is 9.78 Å². The summed E-state index contributed by atoms with van der Waals surface area (Å²) < 4.78 is 1.97. The molecule has 3 amide bonds. The van der Waals surface area contributed by atoms with Crippen molar-refractivity contribution in [1.29, 1.82) is 0 Å². The summed E-state index contributed by atoms with van der Waals surface area (Å²) in [5.74, 6) is -0.194. The molecule has 3 N–H and O–H groups in total. The Hall–Kier alpha value is -3.39. The molecule has 2 aromatic heterocycles. The third-order valence-corrected chi connectivity index (χ3v) is 4.85. The van der Waals surface area contributed by atoms with Gasteiger partial charge in [0.15, 0.2) is 5.13 Å². The summed E-state index contributed by atoms with van der Waals surface area (Å²) in [7, 11) is 0. The van der Waals surface area contributed by atoms with Gasteiger partial charge in [-0.15, -0.1) is 17.9 Å². The Bertz CT molecular complexity index is 991. The fourth-order valence-corrected chi connectivity index (χ4v) is 3.54. The van der Waals surface area contributed by atoms with Gasteiger partial charge in [-0.1, -0.05) is 6.08 Å². The third-order valence-electron chi connectivity index (χ3n) is 4.09. The molecule has 2 heterocycles. The molecule has 0 spiro atoms. The van der Waals surface area contributed by atoms with Gasteiger partial charge >= 0.3 is 6.03 Å². The maximum atomic E-state index is 12.7. The molecule has 8 heteroatoms. The van der Waals surface area contributed by atoms with Gasteiger partial charge in [-0.3, -0.25) is 9.36 Å². The van der Waals surface area contributed by atoms with Crippen molar-refractivity contribution in [3.8, 4) is 5.13 Å². The van der Waals surface area contributed by atoms with E-state index in [-0.39, 0.29) is 11.9 Å². The van der Waals surface area contributed by atoms with Gasteiger partial charge in [0.05, 0.1) is 5.56 Å². The lowest BCUT2D eigenvalue weighted by Gasteiger charge is -2.09. The first kappa shape index (κ1) is 19.4. The van der Waals surface area contributed by atoms with E-state index in [1.165, 1.54) is 11.3 Å². The number of anilines is 2. The predicted octanol–water partition coefficient (Wildman–Crippen LogP) is 4.11. The van der Waals surface area contributed by atoms with Crippen LogP contribution in [-0.4, -0.2) is 28.0 Å². The van der Waals surface area contributed by atoms with Crippen LogP contribution in [0.5, 0.6) is 0 Å². The number of hydrogen-bond acceptors (Lipinski definition) is 4. The van der Waals surface area contributed by atoms with Gasteiger partial charge in [0.2, 0.25) is 0 Å². The van der Waals surface area contributed by atoms with Crippen molar-refractivity contribution < 1.29 is 9.59 Å². The number of urea groups is 1. The number of nitrogens with zero attached hydrogens (tertiary/aromatic N) is 2. The average Bonchev–Trinajstić information content (AvgIpc) is 3.29. The third kappa shape index (κ3) is 4.29. The van der Waals surface area contributed by atoms with E-state index in [2.05, 4.69) is 27.5 Å². The summed E-state index contributed by atoms with van der Waals surface area (Å²) in [5, 5.41) is 11.0. The molecule has 0 bridgehead atoms. The standard InChI is InChI=1S/C20H21N5O2S/c1-4-9-21-19(27)24-16-7-5-15(6-8-16)23-18(26)17-12-13(2)25(14(17)3)20-22-10-11-28-20/h4-8,10-12H,1,9H2,2-3H3,(H,23,26)(H2,21,24,27). The second-order valence-electron chi connectivity index (χ2n) is 6.09. The lowest BCUT2D eigenvalue weighted by Crippen LogP contribution is -2.28. The van der Waals surface area contributed by atoms with Gasteiger partial charge in [0.1, 0.15) is 0 Å². The Labute approximate surface area is 167 Å². The van der Waals surface area contributed by atoms with Gasteiger partial charge in [-0.05, 0) is 44.2 Å². The summed E-state index contributed by atoms with van der Waals surface area (Å²) in [6, 6.07) is 8.46. The van der Waals surface area contributed by atoms with E-state index in [9.17, 15) is 9.59 Å². The van der Waals surface area contributed by atoms with Crippen LogP contribution in [0.3, 0.4) is 0 Å². The van der Waals surface area contributed by atoms with Crippen LogP contribution in [0.25, 0.3) is 5.13 Å². The summed E-state index contributed by atoms with van der Waals surface area (Å²) >= 11 is 1.52. The van der Waals surface area contributed by atoms with Crippen molar-refractivity contribution in [3.63, 3.8) is 0 Å². The van der Waals surface area contributed by atoms with Crippen molar-refractivity contribution in [2.45, 2.75) is 13.8 Å². The number of carbonyl (C=O) groups is 2. The van der Waals surface area contributed by atoms with E-state index in [1.807, 2.05) is 29.9 Å². The Balaban J connectivity index is 1.69. The highest BCUT2D eigenvalue weighted by atomic mass is 32.1. The lowest BCUT2D eigenvalue weighted by atomic mass is 10.2. The second kappa shape index (κ2) is 8.53. The molecule has 3 rings (SSSR count). The van der Waals surface area contributed by atoms with Gasteiger partial charge in [0, 0.05) is 40.9 Å². The monoisotopic (exact) mass is 395 g/mol. The summed E-state index contributed by atoms with van der Waals surface area (Å²) in [4.78, 5) is 28.7. The SMILES string of the molecule is C=CCNC(=O)Nc1ccc(NC(=O)c2cc(C)n(-c3nccs3)c2C)cc1. The van der Waals surface area contributed by atoms with E-state index < -0.39 is 0 Å². The molecule has 144 valence electrons. The number of nitrogens with one attached hydrogen (secondary N) is 3. The normalized spacial score (nSPS) is 10.4. The van der Waals surface area contributed by atoms with E-state index >= 15 is 0 Å². The number of carbonyl (C=O) groups excluding carboxylic acids is 2. The second-order valence-corrected chi connectivity index (χ2v) is 6.96. The number of aryl methyl sites for hydroxylation is 1. The van der Waals surface area contributed by atoms with Crippen LogP contribution in [-0.2, 0) is 0 Å². The molecule has 0 radical (unpaired) electrons. The zero-order valence-electron chi connectivity index (χ0n) is 15.7. The largest absolute Gasteiger partial charge is 0.334 e. The summed E-state index contributed by atoms with van der Waals surface area (Å²) in [6.45, 7) is 7.78. The summed E-state index contributed by atoms with van der Waals surface area (Å²) in [5.41, 5.74) is 3.64. The number of amides is 3. The molecule has 0 aliphatic heterocycles. The van der Waals surface area contributed by atoms with Crippen LogP contribution in [0.15, 0.2) is 54.6 Å². The molecule has 0 saturated heterocycles. The van der Waals surface area contributed by atoms with Gasteiger partial charge in [-0.2, -0.15) is 0 Å². The van der Waals surface area contributed by atoms with Crippen molar-refractivity contribution in [2.75, 3.05) is 17.2 Å². The Morgan fingerprint density at radius 3 is 2.46 bits per heavy atom. The molecule has 28 heavy (non-hydrogen) atoms. The molecular weight excluding hydrogens is 374 g/mol.